The van der Waals surface area contributed by atoms with E-state index in [2.05, 4.69) is 15.6 Å². The van der Waals surface area contributed by atoms with E-state index in [0.29, 0.717) is 13.2 Å². The first-order valence-electron chi connectivity index (χ1n) is 7.09. The van der Waals surface area contributed by atoms with Crippen LogP contribution in [0.3, 0.4) is 0 Å². The lowest BCUT2D eigenvalue weighted by Crippen LogP contribution is -2.28. The minimum Gasteiger partial charge on any atom is -0.385 e. The van der Waals surface area contributed by atoms with Crippen molar-refractivity contribution < 1.29 is 9.53 Å². The van der Waals surface area contributed by atoms with Crippen LogP contribution in [0.2, 0.25) is 0 Å². The molecule has 1 amide bonds. The number of nitrogens with one attached hydrogen (secondary N) is 2. The van der Waals surface area contributed by atoms with E-state index >= 15 is 0 Å². The maximum atomic E-state index is 12.0. The summed E-state index contributed by atoms with van der Waals surface area (Å²) < 4.78 is 6.85. The number of amides is 1. The first-order chi connectivity index (χ1) is 10.3. The van der Waals surface area contributed by atoms with Gasteiger partial charge in [0.2, 0.25) is 5.91 Å². The molecule has 0 radical (unpaired) electrons. The van der Waals surface area contributed by atoms with Gasteiger partial charge in [0.15, 0.2) is 0 Å². The van der Waals surface area contributed by atoms with Gasteiger partial charge in [0.05, 0.1) is 0 Å². The molecule has 0 aromatic carbocycles. The molecular formula is C15H22N4O2. The molecular weight excluding hydrogens is 268 g/mol. The van der Waals surface area contributed by atoms with E-state index in [4.69, 9.17) is 4.74 Å². The third-order valence-corrected chi connectivity index (χ3v) is 3.24. The number of nitrogens with zero attached hydrogens (tertiary/aromatic N) is 2. The maximum Gasteiger partial charge on any atom is 0.239 e. The Bertz CT molecular complexity index is 594. The zero-order valence-corrected chi connectivity index (χ0v) is 12.6. The molecule has 0 saturated carbocycles. The molecule has 0 unspecified atom stereocenters. The predicted octanol–water partition coefficient (Wildman–Crippen LogP) is 0.908. The maximum absolute atomic E-state index is 12.0. The van der Waals surface area contributed by atoms with E-state index in [1.165, 1.54) is 0 Å². The van der Waals surface area contributed by atoms with Crippen LogP contribution >= 0.6 is 0 Å². The Morgan fingerprint density at radius 3 is 3.10 bits per heavy atom. The topological polar surface area (TPSA) is 68.2 Å². The smallest absolute Gasteiger partial charge is 0.239 e. The van der Waals surface area contributed by atoms with Crippen molar-refractivity contribution in [2.75, 3.05) is 27.3 Å². The zero-order chi connectivity index (χ0) is 15.1. The molecule has 2 rings (SSSR count). The molecule has 2 aromatic heterocycles. The molecule has 6 heteroatoms. The molecule has 0 saturated heterocycles. The van der Waals surface area contributed by atoms with Gasteiger partial charge in [0.25, 0.3) is 0 Å². The van der Waals surface area contributed by atoms with Gasteiger partial charge in [-0.2, -0.15) is 0 Å². The number of carbonyl (C=O) groups excluding carboxylic acids is 1. The summed E-state index contributed by atoms with van der Waals surface area (Å²) in [5, 5.41) is 7.11. The number of fused-ring (bicyclic) bond motifs is 1. The predicted molar refractivity (Wildman–Crippen MR) is 82.0 cm³/mol. The van der Waals surface area contributed by atoms with Gasteiger partial charge < -0.3 is 19.9 Å². The van der Waals surface area contributed by atoms with E-state index in [0.717, 1.165) is 29.6 Å². The zero-order valence-electron chi connectivity index (χ0n) is 12.6. The summed E-state index contributed by atoms with van der Waals surface area (Å²) in [4.78, 5) is 16.4. The molecule has 21 heavy (non-hydrogen) atoms. The SMILES string of the molecule is CNCc1cn(CC(=O)NCCCOC)c2ncccc12. The van der Waals surface area contributed by atoms with Gasteiger partial charge in [-0.05, 0) is 31.2 Å². The summed E-state index contributed by atoms with van der Waals surface area (Å²) in [5.74, 6) is -0.00957. The third kappa shape index (κ3) is 4.03. The molecule has 6 nitrogen and oxygen atoms in total. The average molecular weight is 290 g/mol. The number of hydrogen-bond acceptors (Lipinski definition) is 4. The van der Waals surface area contributed by atoms with Crippen molar-refractivity contribution in [3.8, 4) is 0 Å². The van der Waals surface area contributed by atoms with Gasteiger partial charge in [-0.15, -0.1) is 0 Å². The van der Waals surface area contributed by atoms with Crippen molar-refractivity contribution in [3.63, 3.8) is 0 Å². The highest BCUT2D eigenvalue weighted by atomic mass is 16.5. The molecule has 0 aliphatic carbocycles. The lowest BCUT2D eigenvalue weighted by atomic mass is 10.2. The van der Waals surface area contributed by atoms with Gasteiger partial charge >= 0.3 is 0 Å². The van der Waals surface area contributed by atoms with Gasteiger partial charge in [-0.25, -0.2) is 4.98 Å². The highest BCUT2D eigenvalue weighted by Crippen LogP contribution is 2.19. The fourth-order valence-corrected chi connectivity index (χ4v) is 2.30. The van der Waals surface area contributed by atoms with Crippen LogP contribution < -0.4 is 10.6 Å². The van der Waals surface area contributed by atoms with Crippen LogP contribution in [-0.2, 0) is 22.6 Å². The molecule has 2 N–H and O–H groups in total. The van der Waals surface area contributed by atoms with Crippen LogP contribution in [0.1, 0.15) is 12.0 Å². The molecule has 0 aliphatic heterocycles. The van der Waals surface area contributed by atoms with E-state index < -0.39 is 0 Å². The number of pyridine rings is 1. The second-order valence-corrected chi connectivity index (χ2v) is 4.88. The fourth-order valence-electron chi connectivity index (χ4n) is 2.30. The second-order valence-electron chi connectivity index (χ2n) is 4.88. The Morgan fingerprint density at radius 1 is 1.48 bits per heavy atom. The summed E-state index contributed by atoms with van der Waals surface area (Å²) in [6, 6.07) is 3.94. The Hall–Kier alpha value is -1.92. The summed E-state index contributed by atoms with van der Waals surface area (Å²) >= 11 is 0. The fraction of sp³-hybridized carbons (Fsp3) is 0.467. The van der Waals surface area contributed by atoms with Crippen molar-refractivity contribution in [3.05, 3.63) is 30.1 Å². The summed E-state index contributed by atoms with van der Waals surface area (Å²) in [6.45, 7) is 2.32. The number of ether oxygens (including phenoxy) is 1. The van der Waals surface area contributed by atoms with E-state index in [1.54, 1.807) is 13.3 Å². The van der Waals surface area contributed by atoms with Crippen molar-refractivity contribution in [2.24, 2.45) is 0 Å². The first kappa shape index (κ1) is 15.5. The Balaban J connectivity index is 2.06. The molecule has 2 aromatic rings. The van der Waals surface area contributed by atoms with E-state index in [9.17, 15) is 4.79 Å². The van der Waals surface area contributed by atoms with Crippen LogP contribution in [0.25, 0.3) is 11.0 Å². The highest BCUT2D eigenvalue weighted by Gasteiger charge is 2.11. The van der Waals surface area contributed by atoms with E-state index in [-0.39, 0.29) is 12.5 Å². The number of hydrogen-bond donors (Lipinski definition) is 2. The Morgan fingerprint density at radius 2 is 2.33 bits per heavy atom. The minimum atomic E-state index is -0.00957. The monoisotopic (exact) mass is 290 g/mol. The second kappa shape index (κ2) is 7.75. The minimum absolute atomic E-state index is 0.00957. The number of methoxy groups -OCH3 is 1. The standard InChI is InChI=1S/C15H22N4O2/c1-16-9-12-10-19(15-13(12)5-3-6-18-15)11-14(20)17-7-4-8-21-2/h3,5-6,10,16H,4,7-9,11H2,1-2H3,(H,17,20). The summed E-state index contributed by atoms with van der Waals surface area (Å²) in [5.41, 5.74) is 1.99. The highest BCUT2D eigenvalue weighted by molar-refractivity contribution is 5.83. The number of carbonyl (C=O) groups is 1. The largest absolute Gasteiger partial charge is 0.385 e. The third-order valence-electron chi connectivity index (χ3n) is 3.24. The van der Waals surface area contributed by atoms with Crippen LogP contribution in [0.4, 0.5) is 0 Å². The molecule has 0 aliphatic rings. The normalized spacial score (nSPS) is 11.0. The molecule has 2 heterocycles. The Labute approximate surface area is 124 Å². The van der Waals surface area contributed by atoms with Gasteiger partial charge in [0.1, 0.15) is 12.2 Å². The van der Waals surface area contributed by atoms with Crippen molar-refractivity contribution in [2.45, 2.75) is 19.5 Å². The quantitative estimate of drug-likeness (QED) is 0.709. The Kier molecular flexibility index (Phi) is 5.71. The number of rotatable bonds is 8. The van der Waals surface area contributed by atoms with Crippen LogP contribution in [0.5, 0.6) is 0 Å². The lowest BCUT2D eigenvalue weighted by Gasteiger charge is -2.06. The number of aromatic nitrogens is 2. The molecule has 114 valence electrons. The first-order valence-corrected chi connectivity index (χ1v) is 7.09. The molecule has 0 atom stereocenters. The van der Waals surface area contributed by atoms with Crippen molar-refractivity contribution >= 4 is 16.9 Å². The van der Waals surface area contributed by atoms with E-state index in [1.807, 2.05) is 29.9 Å². The van der Waals surface area contributed by atoms with Gasteiger partial charge in [-0.1, -0.05) is 0 Å². The molecule has 0 spiro atoms. The summed E-state index contributed by atoms with van der Waals surface area (Å²) in [7, 11) is 3.56. The van der Waals surface area contributed by atoms with Crippen molar-refractivity contribution in [1.82, 2.24) is 20.2 Å². The van der Waals surface area contributed by atoms with Gasteiger partial charge in [0, 0.05) is 44.6 Å². The van der Waals surface area contributed by atoms with Crippen molar-refractivity contribution in [1.29, 1.82) is 0 Å². The van der Waals surface area contributed by atoms with Crippen LogP contribution in [-0.4, -0.2) is 42.8 Å². The average Bonchev–Trinajstić information content (AvgIpc) is 2.83. The molecule has 0 bridgehead atoms. The molecule has 0 fully saturated rings. The lowest BCUT2D eigenvalue weighted by molar-refractivity contribution is -0.121. The summed E-state index contributed by atoms with van der Waals surface area (Å²) in [6.07, 6.45) is 4.55. The van der Waals surface area contributed by atoms with Crippen LogP contribution in [0.15, 0.2) is 24.5 Å². The van der Waals surface area contributed by atoms with Gasteiger partial charge in [-0.3, -0.25) is 4.79 Å². The van der Waals surface area contributed by atoms with Crippen LogP contribution in [0, 0.1) is 0 Å².